The Morgan fingerprint density at radius 3 is 2.69 bits per heavy atom. The fourth-order valence-corrected chi connectivity index (χ4v) is 5.12. The molecule has 1 aliphatic carbocycles. The number of rotatable bonds is 7. The van der Waals surface area contributed by atoms with Crippen LogP contribution >= 0.6 is 0 Å². The number of fused-ring (bicyclic) bond motifs is 1. The number of nitrogens with one attached hydrogen (secondary N) is 1. The second-order valence-corrected chi connectivity index (χ2v) is 9.50. The van der Waals surface area contributed by atoms with Crippen LogP contribution in [0.1, 0.15) is 46.5 Å². The van der Waals surface area contributed by atoms with Gasteiger partial charge in [0.15, 0.2) is 5.69 Å². The SMILES string of the molecule is C=CC(=O)N1CC(n2nc(C#Cc3c(F)ccc4c3cnn4C3CC3(F)F)c(C(N)=O)c2NC)C[C@@H]1COC. The number of ether oxygens (including phenoxy) is 1. The molecule has 3 heterocycles. The largest absolute Gasteiger partial charge is 0.383 e. The molecule has 39 heavy (non-hydrogen) atoms. The van der Waals surface area contributed by atoms with E-state index in [9.17, 15) is 22.8 Å². The van der Waals surface area contributed by atoms with E-state index in [1.807, 2.05) is 0 Å². The Hall–Kier alpha value is -4.31. The molecule has 2 aromatic heterocycles. The topological polar surface area (TPSA) is 120 Å². The molecule has 3 atom stereocenters. The van der Waals surface area contributed by atoms with Gasteiger partial charge in [0.25, 0.3) is 11.8 Å². The highest BCUT2D eigenvalue weighted by molar-refractivity contribution is 6.00. The van der Waals surface area contributed by atoms with Gasteiger partial charge in [-0.25, -0.2) is 17.9 Å². The molecule has 0 radical (unpaired) electrons. The molecule has 1 saturated heterocycles. The lowest BCUT2D eigenvalue weighted by atomic mass is 10.1. The first-order valence-electron chi connectivity index (χ1n) is 12.2. The van der Waals surface area contributed by atoms with Crippen molar-refractivity contribution >= 4 is 28.5 Å². The molecule has 5 rings (SSSR count). The number of methoxy groups -OCH3 is 1. The third-order valence-electron chi connectivity index (χ3n) is 7.07. The molecule has 2 amide bonds. The summed E-state index contributed by atoms with van der Waals surface area (Å²) in [6.07, 6.45) is 2.66. The van der Waals surface area contributed by atoms with Crippen molar-refractivity contribution in [3.63, 3.8) is 0 Å². The number of aromatic nitrogens is 4. The van der Waals surface area contributed by atoms with E-state index < -0.39 is 23.7 Å². The minimum Gasteiger partial charge on any atom is -0.383 e. The van der Waals surface area contributed by atoms with Crippen molar-refractivity contribution < 1.29 is 27.5 Å². The number of amides is 2. The lowest BCUT2D eigenvalue weighted by Gasteiger charge is -2.22. The number of carbonyl (C=O) groups excluding carboxylic acids is 2. The summed E-state index contributed by atoms with van der Waals surface area (Å²) in [5.74, 6) is 1.14. The zero-order valence-electron chi connectivity index (χ0n) is 21.2. The van der Waals surface area contributed by atoms with Crippen molar-refractivity contribution in [2.75, 3.05) is 32.6 Å². The van der Waals surface area contributed by atoms with Crippen molar-refractivity contribution in [1.29, 1.82) is 0 Å². The third kappa shape index (κ3) is 4.50. The summed E-state index contributed by atoms with van der Waals surface area (Å²) >= 11 is 0. The number of hydrogen-bond acceptors (Lipinski definition) is 6. The smallest absolute Gasteiger partial charge is 0.272 e. The molecule has 10 nitrogen and oxygen atoms in total. The molecule has 1 aromatic carbocycles. The van der Waals surface area contributed by atoms with Gasteiger partial charge in [0.1, 0.15) is 23.2 Å². The van der Waals surface area contributed by atoms with Crippen molar-refractivity contribution in [2.24, 2.45) is 5.73 Å². The standard InChI is InChI=1S/C26H26F3N7O3/c1-4-22(37)34-12-14(9-15(34)13-39-3)35-25(31-2)23(24(30)38)19(33-35)7-5-16-17-11-32-36(21-10-26(21,28)29)20(17)8-6-18(16)27/h4,6,8,11,14-15,21,31H,1,9-10,12-13H2,2-3H3,(H2,30,38)/t14?,15-,21?/m1/s1. The maximum Gasteiger partial charge on any atom is 0.272 e. The lowest BCUT2D eigenvalue weighted by Crippen LogP contribution is -2.37. The number of nitrogens with two attached hydrogens (primary N) is 1. The molecule has 1 saturated carbocycles. The van der Waals surface area contributed by atoms with E-state index in [-0.39, 0.29) is 53.2 Å². The molecule has 204 valence electrons. The van der Waals surface area contributed by atoms with E-state index >= 15 is 0 Å². The lowest BCUT2D eigenvalue weighted by molar-refractivity contribution is -0.127. The Morgan fingerprint density at radius 2 is 2.08 bits per heavy atom. The summed E-state index contributed by atoms with van der Waals surface area (Å²) in [5.41, 5.74) is 5.93. The Labute approximate surface area is 221 Å². The van der Waals surface area contributed by atoms with Crippen LogP contribution in [0, 0.1) is 17.7 Å². The number of halogens is 3. The van der Waals surface area contributed by atoms with Gasteiger partial charge in [-0.1, -0.05) is 12.5 Å². The summed E-state index contributed by atoms with van der Waals surface area (Å²) in [7, 11) is 3.13. The first kappa shape index (κ1) is 26.3. The molecule has 0 bridgehead atoms. The molecule has 3 aromatic rings. The van der Waals surface area contributed by atoms with Crippen LogP contribution in [0.5, 0.6) is 0 Å². The molecule has 0 spiro atoms. The predicted molar refractivity (Wildman–Crippen MR) is 136 cm³/mol. The van der Waals surface area contributed by atoms with Crippen LogP contribution in [0.2, 0.25) is 0 Å². The Balaban J connectivity index is 1.55. The van der Waals surface area contributed by atoms with E-state index in [1.165, 1.54) is 30.1 Å². The van der Waals surface area contributed by atoms with Crippen LogP contribution in [0.15, 0.2) is 31.0 Å². The fraction of sp³-hybridized carbons (Fsp3) is 0.385. The van der Waals surface area contributed by atoms with Gasteiger partial charge in [-0.15, -0.1) is 0 Å². The van der Waals surface area contributed by atoms with Gasteiger partial charge in [-0.2, -0.15) is 10.2 Å². The number of hydrogen-bond donors (Lipinski definition) is 2. The highest BCUT2D eigenvalue weighted by atomic mass is 19.3. The van der Waals surface area contributed by atoms with Crippen LogP contribution < -0.4 is 11.1 Å². The maximum absolute atomic E-state index is 14.8. The number of alkyl halides is 2. The average molecular weight is 542 g/mol. The van der Waals surface area contributed by atoms with E-state index in [2.05, 4.69) is 33.9 Å². The van der Waals surface area contributed by atoms with Gasteiger partial charge < -0.3 is 20.7 Å². The second-order valence-electron chi connectivity index (χ2n) is 9.50. The molecule has 2 aliphatic rings. The van der Waals surface area contributed by atoms with E-state index in [4.69, 9.17) is 10.5 Å². The van der Waals surface area contributed by atoms with Gasteiger partial charge in [0.05, 0.1) is 36.0 Å². The first-order chi connectivity index (χ1) is 18.6. The molecule has 13 heteroatoms. The zero-order chi connectivity index (χ0) is 28.1. The molecule has 3 N–H and O–H groups in total. The summed E-state index contributed by atoms with van der Waals surface area (Å²) in [6.45, 7) is 4.13. The van der Waals surface area contributed by atoms with Crippen LogP contribution in [0.25, 0.3) is 10.9 Å². The molecule has 2 unspecified atom stereocenters. The van der Waals surface area contributed by atoms with Gasteiger partial charge in [0.2, 0.25) is 5.91 Å². The zero-order valence-corrected chi connectivity index (χ0v) is 21.2. The van der Waals surface area contributed by atoms with Crippen LogP contribution in [0.3, 0.4) is 0 Å². The van der Waals surface area contributed by atoms with E-state index in [0.717, 1.165) is 6.07 Å². The third-order valence-corrected chi connectivity index (χ3v) is 7.07. The number of benzene rings is 1. The quantitative estimate of drug-likeness (QED) is 0.350. The number of nitrogens with zero attached hydrogens (tertiary/aromatic N) is 5. The van der Waals surface area contributed by atoms with E-state index in [0.29, 0.717) is 24.4 Å². The van der Waals surface area contributed by atoms with Crippen molar-refractivity contribution in [2.45, 2.75) is 36.9 Å². The predicted octanol–water partition coefficient (Wildman–Crippen LogP) is 2.47. The van der Waals surface area contributed by atoms with Crippen LogP contribution in [0.4, 0.5) is 19.0 Å². The highest BCUT2D eigenvalue weighted by Gasteiger charge is 2.59. The molecule has 2 fully saturated rings. The Kier molecular flexibility index (Phi) is 6.59. The van der Waals surface area contributed by atoms with Crippen LogP contribution in [-0.4, -0.2) is 75.5 Å². The summed E-state index contributed by atoms with van der Waals surface area (Å²) < 4.78 is 50.2. The van der Waals surface area contributed by atoms with E-state index in [1.54, 1.807) is 16.6 Å². The van der Waals surface area contributed by atoms with Gasteiger partial charge in [-0.05, 0) is 30.6 Å². The summed E-state index contributed by atoms with van der Waals surface area (Å²) in [5, 5.41) is 11.8. The van der Waals surface area contributed by atoms with Crippen molar-refractivity contribution in [1.82, 2.24) is 24.5 Å². The molecular weight excluding hydrogens is 515 g/mol. The maximum atomic E-state index is 14.8. The monoisotopic (exact) mass is 541 g/mol. The van der Waals surface area contributed by atoms with Gasteiger partial charge in [-0.3, -0.25) is 14.3 Å². The van der Waals surface area contributed by atoms with Crippen molar-refractivity contribution in [3.8, 4) is 11.8 Å². The number of anilines is 1. The summed E-state index contributed by atoms with van der Waals surface area (Å²) in [4.78, 5) is 26.5. The fourth-order valence-electron chi connectivity index (χ4n) is 5.12. The van der Waals surface area contributed by atoms with Crippen molar-refractivity contribution in [3.05, 3.63) is 53.6 Å². The van der Waals surface area contributed by atoms with Gasteiger partial charge >= 0.3 is 0 Å². The Morgan fingerprint density at radius 1 is 1.33 bits per heavy atom. The summed E-state index contributed by atoms with van der Waals surface area (Å²) in [6, 6.07) is 0.846. The minimum atomic E-state index is -2.86. The number of primary amides is 1. The first-order valence-corrected chi connectivity index (χ1v) is 12.2. The number of likely N-dealkylation sites (tertiary alicyclic amines) is 1. The second kappa shape index (κ2) is 9.77. The minimum absolute atomic E-state index is 0.00107. The normalized spacial score (nSPS) is 21.5. The average Bonchev–Trinajstić information content (AvgIpc) is 3.29. The highest BCUT2D eigenvalue weighted by Crippen LogP contribution is 2.53. The van der Waals surface area contributed by atoms with Gasteiger partial charge in [0, 0.05) is 32.5 Å². The number of carbonyl (C=O) groups is 2. The molecular formula is C26H26F3N7O3. The molecule has 1 aliphatic heterocycles. The Bertz CT molecular complexity index is 1550. The van der Waals surface area contributed by atoms with Crippen LogP contribution in [-0.2, 0) is 9.53 Å².